The molecular formula is C29H25N3O3S. The van der Waals surface area contributed by atoms with Gasteiger partial charge in [0.2, 0.25) is 0 Å². The van der Waals surface area contributed by atoms with Crippen LogP contribution in [0.2, 0.25) is 0 Å². The topological polar surface area (TPSA) is 66.2 Å². The molecule has 0 saturated carbocycles. The number of aromatic nitrogens is 3. The van der Waals surface area contributed by atoms with Gasteiger partial charge in [-0.2, -0.15) is 0 Å². The number of aryl methyl sites for hydroxylation is 1. The van der Waals surface area contributed by atoms with E-state index >= 15 is 0 Å². The lowest BCUT2D eigenvalue weighted by atomic mass is 9.83. The fourth-order valence-corrected chi connectivity index (χ4v) is 5.54. The second-order valence-corrected chi connectivity index (χ2v) is 9.53. The van der Waals surface area contributed by atoms with Gasteiger partial charge in [-0.1, -0.05) is 89.3 Å². The zero-order valence-corrected chi connectivity index (χ0v) is 20.8. The van der Waals surface area contributed by atoms with Crippen molar-refractivity contribution in [3.05, 3.63) is 125 Å². The predicted molar refractivity (Wildman–Crippen MR) is 142 cm³/mol. The molecule has 180 valence electrons. The minimum Gasteiger partial charge on any atom is -0.497 e. The number of carbonyl (C=O) groups excluding carboxylic acids is 1. The van der Waals surface area contributed by atoms with E-state index in [9.17, 15) is 4.79 Å². The quantitative estimate of drug-likeness (QED) is 0.211. The van der Waals surface area contributed by atoms with E-state index < -0.39 is 10.7 Å². The van der Waals surface area contributed by atoms with Crippen LogP contribution in [0, 0.1) is 6.92 Å². The van der Waals surface area contributed by atoms with Crippen LogP contribution < -0.4 is 9.57 Å². The summed E-state index contributed by atoms with van der Waals surface area (Å²) in [6, 6.07) is 34.0. The van der Waals surface area contributed by atoms with Crippen LogP contribution in [0.5, 0.6) is 5.75 Å². The number of nitrogens with zero attached hydrogens (tertiary/aromatic N) is 3. The van der Waals surface area contributed by atoms with Crippen molar-refractivity contribution in [2.24, 2.45) is 0 Å². The number of hydrogen-bond donors (Lipinski definition) is 0. The fourth-order valence-electron chi connectivity index (χ4n) is 4.24. The molecule has 0 bridgehead atoms. The van der Waals surface area contributed by atoms with Crippen LogP contribution in [0.1, 0.15) is 22.3 Å². The monoisotopic (exact) mass is 495 g/mol. The molecule has 0 radical (unpaired) electrons. The molecule has 1 aromatic heterocycles. The first-order chi connectivity index (χ1) is 17.6. The molecule has 0 spiro atoms. The summed E-state index contributed by atoms with van der Waals surface area (Å²) >= 11 is 1.51. The van der Waals surface area contributed by atoms with E-state index in [4.69, 9.17) is 9.57 Å². The van der Waals surface area contributed by atoms with Gasteiger partial charge >= 0.3 is 5.97 Å². The molecule has 5 aromatic rings. The molecule has 36 heavy (non-hydrogen) atoms. The largest absolute Gasteiger partial charge is 0.497 e. The van der Waals surface area contributed by atoms with E-state index in [2.05, 4.69) is 65.8 Å². The van der Waals surface area contributed by atoms with Gasteiger partial charge in [0, 0.05) is 0 Å². The van der Waals surface area contributed by atoms with Gasteiger partial charge < -0.3 is 9.57 Å². The second kappa shape index (κ2) is 10.3. The van der Waals surface area contributed by atoms with Crippen molar-refractivity contribution in [2.45, 2.75) is 11.7 Å². The average molecular weight is 496 g/mol. The van der Waals surface area contributed by atoms with Crippen LogP contribution in [0.15, 0.2) is 103 Å². The normalized spacial score (nSPS) is 12.7. The lowest BCUT2D eigenvalue weighted by Crippen LogP contribution is -2.30. The Balaban J connectivity index is 1.54. The zero-order valence-electron chi connectivity index (χ0n) is 20.0. The molecule has 5 rings (SSSR count). The number of fused-ring (bicyclic) bond motifs is 1. The van der Waals surface area contributed by atoms with Crippen molar-refractivity contribution in [1.29, 1.82) is 0 Å². The third-order valence-corrected chi connectivity index (χ3v) is 7.57. The van der Waals surface area contributed by atoms with Crippen molar-refractivity contribution in [2.75, 3.05) is 12.9 Å². The van der Waals surface area contributed by atoms with E-state index in [-0.39, 0.29) is 5.75 Å². The van der Waals surface area contributed by atoms with Gasteiger partial charge in [-0.05, 0) is 53.1 Å². The third-order valence-electron chi connectivity index (χ3n) is 6.05. The second-order valence-electron chi connectivity index (χ2n) is 8.34. The van der Waals surface area contributed by atoms with Gasteiger partial charge in [-0.3, -0.25) is 0 Å². The van der Waals surface area contributed by atoms with Crippen LogP contribution in [0.25, 0.3) is 11.0 Å². The van der Waals surface area contributed by atoms with Gasteiger partial charge in [0.05, 0.1) is 17.6 Å². The molecule has 0 amide bonds. The highest BCUT2D eigenvalue weighted by Crippen LogP contribution is 2.48. The molecule has 1 atom stereocenters. The predicted octanol–water partition coefficient (Wildman–Crippen LogP) is 5.43. The van der Waals surface area contributed by atoms with Crippen LogP contribution >= 0.6 is 11.8 Å². The molecular weight excluding hydrogens is 470 g/mol. The standard InChI is InChI=1S/C29H25N3O3S/c1-21-12-14-23(15-13-21)29(22-8-4-3-5-9-22,24-16-18-25(34-2)19-17-24)36-20-28(33)35-32-27-11-7-6-10-26(27)30-31-32/h3-19H,20H2,1-2H3. The van der Waals surface area contributed by atoms with Crippen molar-refractivity contribution >= 4 is 28.8 Å². The SMILES string of the molecule is COc1ccc(C(SCC(=O)On2nnc3ccccc32)(c2ccccc2)c2ccc(C)cc2)cc1. The maximum atomic E-state index is 13.1. The first kappa shape index (κ1) is 23.6. The Bertz CT molecular complexity index is 1470. The summed E-state index contributed by atoms with van der Waals surface area (Å²) in [6.45, 7) is 2.06. The molecule has 1 unspecified atom stereocenters. The van der Waals surface area contributed by atoms with Crippen LogP contribution in [0.3, 0.4) is 0 Å². The summed E-state index contributed by atoms with van der Waals surface area (Å²) in [5.41, 5.74) is 5.62. The van der Waals surface area contributed by atoms with Crippen molar-refractivity contribution in [3.8, 4) is 5.75 Å². The summed E-state index contributed by atoms with van der Waals surface area (Å²) in [4.78, 5) is 19.9. The van der Waals surface area contributed by atoms with Crippen LogP contribution in [-0.2, 0) is 9.54 Å². The van der Waals surface area contributed by atoms with E-state index in [0.29, 0.717) is 11.0 Å². The number of methoxy groups -OCH3 is 1. The molecule has 7 heteroatoms. The minimum absolute atomic E-state index is 0.0863. The van der Waals surface area contributed by atoms with E-state index in [1.165, 1.54) is 16.6 Å². The summed E-state index contributed by atoms with van der Waals surface area (Å²) < 4.78 is 4.74. The number of rotatable bonds is 8. The van der Waals surface area contributed by atoms with E-state index in [0.717, 1.165) is 28.0 Å². The molecule has 0 saturated heterocycles. The van der Waals surface area contributed by atoms with Crippen molar-refractivity contribution < 1.29 is 14.4 Å². The van der Waals surface area contributed by atoms with E-state index in [1.807, 2.05) is 54.6 Å². The molecule has 0 aliphatic rings. The van der Waals surface area contributed by atoms with Crippen LogP contribution in [0.4, 0.5) is 0 Å². The van der Waals surface area contributed by atoms with Gasteiger partial charge in [0.25, 0.3) is 0 Å². The summed E-state index contributed by atoms with van der Waals surface area (Å²) in [6.07, 6.45) is 0. The van der Waals surface area contributed by atoms with Crippen LogP contribution in [-0.4, -0.2) is 34.0 Å². The molecule has 4 aromatic carbocycles. The lowest BCUT2D eigenvalue weighted by molar-refractivity contribution is -0.142. The molecule has 0 aliphatic carbocycles. The Hall–Kier alpha value is -4.10. The van der Waals surface area contributed by atoms with Gasteiger partial charge in [0.15, 0.2) is 0 Å². The highest BCUT2D eigenvalue weighted by Gasteiger charge is 2.38. The number of hydrogen-bond acceptors (Lipinski definition) is 6. The van der Waals surface area contributed by atoms with Crippen molar-refractivity contribution in [3.63, 3.8) is 0 Å². The Kier molecular flexibility index (Phi) is 6.73. The number of carbonyl (C=O) groups is 1. The number of thioether (sulfide) groups is 1. The maximum Gasteiger partial charge on any atom is 0.344 e. The first-order valence-corrected chi connectivity index (χ1v) is 12.5. The zero-order chi connectivity index (χ0) is 25.0. The molecule has 6 nitrogen and oxygen atoms in total. The number of para-hydroxylation sites is 1. The molecule has 0 N–H and O–H groups in total. The summed E-state index contributed by atoms with van der Waals surface area (Å²) in [5.74, 6) is 0.437. The number of benzene rings is 4. The fraction of sp³-hybridized carbons (Fsp3) is 0.138. The average Bonchev–Trinajstić information content (AvgIpc) is 3.33. The summed E-state index contributed by atoms with van der Waals surface area (Å²) in [5, 5.41) is 8.05. The van der Waals surface area contributed by atoms with Gasteiger partial charge in [0.1, 0.15) is 16.8 Å². The Morgan fingerprint density at radius 2 is 1.44 bits per heavy atom. The maximum absolute atomic E-state index is 13.1. The highest BCUT2D eigenvalue weighted by atomic mass is 32.2. The van der Waals surface area contributed by atoms with Gasteiger partial charge in [-0.15, -0.1) is 16.9 Å². The third kappa shape index (κ3) is 4.57. The Labute approximate surface area is 213 Å². The molecule has 1 heterocycles. The number of ether oxygens (including phenoxy) is 1. The molecule has 0 fully saturated rings. The smallest absolute Gasteiger partial charge is 0.344 e. The Morgan fingerprint density at radius 3 is 2.14 bits per heavy atom. The minimum atomic E-state index is -0.662. The first-order valence-electron chi connectivity index (χ1n) is 11.5. The van der Waals surface area contributed by atoms with Gasteiger partial charge in [-0.25, -0.2) is 4.79 Å². The Morgan fingerprint density at radius 1 is 0.833 bits per heavy atom. The summed E-state index contributed by atoms with van der Waals surface area (Å²) in [7, 11) is 1.65. The molecule has 0 aliphatic heterocycles. The van der Waals surface area contributed by atoms with E-state index in [1.54, 1.807) is 7.11 Å². The van der Waals surface area contributed by atoms with Crippen molar-refractivity contribution in [1.82, 2.24) is 15.2 Å². The highest BCUT2D eigenvalue weighted by molar-refractivity contribution is 8.01. The lowest BCUT2D eigenvalue weighted by Gasteiger charge is -2.35.